The highest BCUT2D eigenvalue weighted by Gasteiger charge is 2.21. The molecule has 0 N–H and O–H groups in total. The van der Waals surface area contributed by atoms with Gasteiger partial charge >= 0.3 is 0 Å². The van der Waals surface area contributed by atoms with Gasteiger partial charge in [0, 0.05) is 55.2 Å². The lowest BCUT2D eigenvalue weighted by Gasteiger charge is -2.13. The summed E-state index contributed by atoms with van der Waals surface area (Å²) in [7, 11) is 0. The van der Waals surface area contributed by atoms with Crippen molar-refractivity contribution < 1.29 is 0 Å². The molecule has 290 valence electrons. The van der Waals surface area contributed by atoms with Crippen LogP contribution in [0.25, 0.3) is 111 Å². The number of hydrogen-bond acceptors (Lipinski definition) is 3. The van der Waals surface area contributed by atoms with Gasteiger partial charge in [0.05, 0.1) is 22.1 Å². The van der Waals surface area contributed by atoms with Crippen LogP contribution in [0.2, 0.25) is 0 Å². The Morgan fingerprint density at radius 3 is 1.44 bits per heavy atom. The fourth-order valence-electron chi connectivity index (χ4n) is 9.20. The van der Waals surface area contributed by atoms with E-state index < -0.39 is 0 Å². The van der Waals surface area contributed by atoms with Crippen LogP contribution in [-0.2, 0) is 0 Å². The van der Waals surface area contributed by atoms with Crippen molar-refractivity contribution in [3.8, 4) is 67.8 Å². The first-order valence-electron chi connectivity index (χ1n) is 21.0. The smallest absolute Gasteiger partial charge is 0.164 e. The van der Waals surface area contributed by atoms with E-state index in [9.17, 15) is 0 Å². The SMILES string of the molecule is c1ccc(-c2nc(-c3ccccc3)nc(-c3cccc(-c4cccc(-n5c6ccccc6c6c(-c7cccc8c9ccccc9n(-c9ccccc9)c78)cccc65)c4)c3)n2)cc1. The molecule has 3 heterocycles. The molecule has 0 unspecified atom stereocenters. The van der Waals surface area contributed by atoms with Crippen molar-refractivity contribution in [3.05, 3.63) is 224 Å². The first-order valence-corrected chi connectivity index (χ1v) is 21.0. The van der Waals surface area contributed by atoms with E-state index in [1.54, 1.807) is 0 Å². The van der Waals surface area contributed by atoms with Gasteiger partial charge in [0.15, 0.2) is 17.5 Å². The van der Waals surface area contributed by atoms with Crippen LogP contribution in [0.15, 0.2) is 224 Å². The summed E-state index contributed by atoms with van der Waals surface area (Å²) in [4.78, 5) is 15.0. The molecule has 0 bridgehead atoms. The Labute approximate surface area is 358 Å². The van der Waals surface area contributed by atoms with Gasteiger partial charge in [-0.05, 0) is 65.2 Å². The lowest BCUT2D eigenvalue weighted by Crippen LogP contribution is -2.00. The summed E-state index contributed by atoms with van der Waals surface area (Å²) >= 11 is 0. The predicted octanol–water partition coefficient (Wildman–Crippen LogP) is 14.4. The Kier molecular flexibility index (Phi) is 8.42. The third kappa shape index (κ3) is 5.90. The minimum absolute atomic E-state index is 0.631. The molecule has 5 nitrogen and oxygen atoms in total. The van der Waals surface area contributed by atoms with E-state index in [0.29, 0.717) is 17.5 Å². The second kappa shape index (κ2) is 14.7. The van der Waals surface area contributed by atoms with Crippen LogP contribution in [0.4, 0.5) is 0 Å². The van der Waals surface area contributed by atoms with Gasteiger partial charge < -0.3 is 9.13 Å². The van der Waals surface area contributed by atoms with Gasteiger partial charge in [-0.2, -0.15) is 0 Å². The molecule has 0 aliphatic heterocycles. The molecule has 0 atom stereocenters. The van der Waals surface area contributed by atoms with E-state index in [1.165, 1.54) is 43.7 Å². The van der Waals surface area contributed by atoms with E-state index in [1.807, 2.05) is 60.7 Å². The largest absolute Gasteiger partial charge is 0.309 e. The maximum Gasteiger partial charge on any atom is 0.164 e. The standard InChI is InChI=1S/C57H37N5/c1-4-18-38(19-5-1)55-58-56(39-20-6-2-7-21-39)60-57(59-55)42-24-14-22-40(36-42)41-23-15-27-44(37-41)61-51-34-13-11-29-49(51)53-46(30-17-35-52(53)61)48-32-16-31-47-45-28-10-12-33-50(45)62(54(47)48)43-25-8-3-9-26-43/h1-37H. The van der Waals surface area contributed by atoms with Crippen molar-refractivity contribution in [3.63, 3.8) is 0 Å². The number of fused-ring (bicyclic) bond motifs is 6. The molecule has 0 fully saturated rings. The molecule has 3 aromatic heterocycles. The van der Waals surface area contributed by atoms with Crippen LogP contribution in [0.1, 0.15) is 0 Å². The fourth-order valence-corrected chi connectivity index (χ4v) is 9.20. The van der Waals surface area contributed by atoms with Crippen molar-refractivity contribution in [2.24, 2.45) is 0 Å². The lowest BCUT2D eigenvalue weighted by molar-refractivity contribution is 1.07. The molecule has 0 radical (unpaired) electrons. The zero-order chi connectivity index (χ0) is 41.0. The Hall–Kier alpha value is -8.41. The fraction of sp³-hybridized carbons (Fsp3) is 0. The van der Waals surface area contributed by atoms with Crippen LogP contribution >= 0.6 is 0 Å². The van der Waals surface area contributed by atoms with Crippen molar-refractivity contribution in [1.29, 1.82) is 0 Å². The van der Waals surface area contributed by atoms with Gasteiger partial charge in [-0.3, -0.25) is 0 Å². The number of nitrogens with zero attached hydrogens (tertiary/aromatic N) is 5. The third-order valence-electron chi connectivity index (χ3n) is 12.0. The molecule has 0 saturated carbocycles. The summed E-state index contributed by atoms with van der Waals surface area (Å²) in [6.07, 6.45) is 0. The van der Waals surface area contributed by atoms with Gasteiger partial charge in [0.25, 0.3) is 0 Å². The molecule has 62 heavy (non-hydrogen) atoms. The van der Waals surface area contributed by atoms with Gasteiger partial charge in [-0.25, -0.2) is 15.0 Å². The van der Waals surface area contributed by atoms with Gasteiger partial charge in [0.1, 0.15) is 0 Å². The first kappa shape index (κ1) is 35.5. The molecular weight excluding hydrogens is 755 g/mol. The van der Waals surface area contributed by atoms with E-state index in [2.05, 4.69) is 173 Å². The molecule has 0 spiro atoms. The maximum atomic E-state index is 5.02. The van der Waals surface area contributed by atoms with Crippen LogP contribution in [-0.4, -0.2) is 24.1 Å². The molecule has 0 amide bonds. The van der Waals surface area contributed by atoms with E-state index >= 15 is 0 Å². The van der Waals surface area contributed by atoms with Crippen LogP contribution in [0, 0.1) is 0 Å². The molecule has 12 rings (SSSR count). The molecule has 0 aliphatic rings. The van der Waals surface area contributed by atoms with Crippen molar-refractivity contribution in [1.82, 2.24) is 24.1 Å². The summed E-state index contributed by atoms with van der Waals surface area (Å²) in [5.41, 5.74) is 14.3. The highest BCUT2D eigenvalue weighted by molar-refractivity contribution is 6.20. The van der Waals surface area contributed by atoms with Gasteiger partial charge in [-0.15, -0.1) is 0 Å². The molecule has 0 aliphatic carbocycles. The second-order valence-corrected chi connectivity index (χ2v) is 15.6. The summed E-state index contributed by atoms with van der Waals surface area (Å²) in [6.45, 7) is 0. The second-order valence-electron chi connectivity index (χ2n) is 15.6. The topological polar surface area (TPSA) is 48.5 Å². The highest BCUT2D eigenvalue weighted by Crippen LogP contribution is 2.44. The van der Waals surface area contributed by atoms with Crippen molar-refractivity contribution >= 4 is 43.6 Å². The summed E-state index contributed by atoms with van der Waals surface area (Å²) in [5, 5.41) is 4.92. The maximum absolute atomic E-state index is 5.02. The predicted molar refractivity (Wildman–Crippen MR) is 256 cm³/mol. The average molecular weight is 792 g/mol. The lowest BCUT2D eigenvalue weighted by atomic mass is 9.97. The van der Waals surface area contributed by atoms with E-state index in [0.717, 1.165) is 50.2 Å². The summed E-state index contributed by atoms with van der Waals surface area (Å²) < 4.78 is 4.84. The summed E-state index contributed by atoms with van der Waals surface area (Å²) in [6, 6.07) is 79.4. The highest BCUT2D eigenvalue weighted by atomic mass is 15.0. The normalized spacial score (nSPS) is 11.5. The van der Waals surface area contributed by atoms with Crippen LogP contribution in [0.3, 0.4) is 0 Å². The quantitative estimate of drug-likeness (QED) is 0.162. The van der Waals surface area contributed by atoms with Crippen LogP contribution < -0.4 is 0 Å². The number of para-hydroxylation sites is 4. The summed E-state index contributed by atoms with van der Waals surface area (Å²) in [5.74, 6) is 1.92. The molecule has 5 heteroatoms. The molecular formula is C57H37N5. The number of rotatable bonds is 7. The van der Waals surface area contributed by atoms with Crippen molar-refractivity contribution in [2.75, 3.05) is 0 Å². The number of benzene rings is 9. The Bertz CT molecular complexity index is 3570. The Morgan fingerprint density at radius 1 is 0.274 bits per heavy atom. The molecule has 12 aromatic rings. The number of hydrogen-bond donors (Lipinski definition) is 0. The van der Waals surface area contributed by atoms with Gasteiger partial charge in [0.2, 0.25) is 0 Å². The third-order valence-corrected chi connectivity index (χ3v) is 12.0. The first-order chi connectivity index (χ1) is 30.8. The zero-order valence-corrected chi connectivity index (χ0v) is 33.6. The van der Waals surface area contributed by atoms with Crippen LogP contribution in [0.5, 0.6) is 0 Å². The monoisotopic (exact) mass is 791 g/mol. The zero-order valence-electron chi connectivity index (χ0n) is 33.6. The number of aromatic nitrogens is 5. The Morgan fingerprint density at radius 2 is 0.726 bits per heavy atom. The Balaban J connectivity index is 1.01. The minimum atomic E-state index is 0.631. The van der Waals surface area contributed by atoms with Gasteiger partial charge in [-0.1, -0.05) is 176 Å². The minimum Gasteiger partial charge on any atom is -0.309 e. The van der Waals surface area contributed by atoms with Crippen molar-refractivity contribution in [2.45, 2.75) is 0 Å². The van der Waals surface area contributed by atoms with E-state index in [4.69, 9.17) is 15.0 Å². The molecule has 0 saturated heterocycles. The van der Waals surface area contributed by atoms with E-state index in [-0.39, 0.29) is 0 Å². The molecule has 9 aromatic carbocycles. The average Bonchev–Trinajstić information content (AvgIpc) is 3.88.